The van der Waals surface area contributed by atoms with E-state index in [1.165, 1.54) is 30.5 Å². The molecule has 0 saturated carbocycles. The van der Waals surface area contributed by atoms with Crippen LogP contribution in [-0.4, -0.2) is 57.3 Å². The van der Waals surface area contributed by atoms with Crippen molar-refractivity contribution in [2.75, 3.05) is 20.1 Å². The Morgan fingerprint density at radius 1 is 0.947 bits per heavy atom. The van der Waals surface area contributed by atoms with Crippen LogP contribution < -0.4 is 11.0 Å². The number of nitrogens with zero attached hydrogens (tertiary/aromatic N) is 3. The van der Waals surface area contributed by atoms with Gasteiger partial charge in [-0.25, -0.2) is 0 Å². The fourth-order valence-electron chi connectivity index (χ4n) is 4.30. The smallest absolute Gasteiger partial charge is 0.272 e. The minimum Gasteiger partial charge on any atom is -0.361 e. The third-order valence-corrected chi connectivity index (χ3v) is 6.49. The summed E-state index contributed by atoms with van der Waals surface area (Å²) in [6, 6.07) is 16.8. The highest BCUT2D eigenvalue weighted by Gasteiger charge is 2.16. The predicted octanol–water partition coefficient (Wildman–Crippen LogP) is 3.67. The first-order valence-electron chi connectivity index (χ1n) is 12.4. The monoisotopic (exact) mass is 513 g/mol. The topological polar surface area (TPSA) is 108 Å². The van der Waals surface area contributed by atoms with Crippen molar-refractivity contribution in [2.45, 2.75) is 26.7 Å². The van der Waals surface area contributed by atoms with E-state index in [2.05, 4.69) is 10.4 Å². The minimum atomic E-state index is -0.374. The molecule has 2 N–H and O–H groups in total. The minimum absolute atomic E-state index is 0.157. The van der Waals surface area contributed by atoms with Gasteiger partial charge in [-0.3, -0.25) is 34.2 Å². The van der Waals surface area contributed by atoms with Crippen LogP contribution in [0.5, 0.6) is 0 Å². The number of likely N-dealkylation sites (tertiary alicyclic amines) is 1. The zero-order chi connectivity index (χ0) is 27.2. The molecule has 0 radical (unpaired) electrons. The summed E-state index contributed by atoms with van der Waals surface area (Å²) in [6.45, 7) is 5.55. The maximum atomic E-state index is 12.7. The Bertz CT molecular complexity index is 1510. The zero-order valence-corrected chi connectivity index (χ0v) is 21.7. The summed E-state index contributed by atoms with van der Waals surface area (Å²) in [5, 5.41) is 2.11. The summed E-state index contributed by atoms with van der Waals surface area (Å²) in [4.78, 5) is 52.8. The first kappa shape index (κ1) is 26.4. The van der Waals surface area contributed by atoms with Crippen LogP contribution in [0.25, 0.3) is 16.6 Å². The lowest BCUT2D eigenvalue weighted by Crippen LogP contribution is -2.43. The number of nitrogens with one attached hydrogen (secondary N) is 2. The van der Waals surface area contributed by atoms with Crippen molar-refractivity contribution < 1.29 is 14.4 Å². The second-order valence-corrected chi connectivity index (χ2v) is 9.21. The molecule has 3 heterocycles. The number of pyridine rings is 1. The van der Waals surface area contributed by atoms with E-state index in [9.17, 15) is 19.2 Å². The van der Waals surface area contributed by atoms with Crippen molar-refractivity contribution in [1.29, 1.82) is 0 Å². The van der Waals surface area contributed by atoms with E-state index in [4.69, 9.17) is 0 Å². The van der Waals surface area contributed by atoms with Crippen LogP contribution in [0, 0.1) is 6.92 Å². The molecule has 1 aliphatic rings. The number of fused-ring (bicyclic) bond motifs is 1. The van der Waals surface area contributed by atoms with Crippen LogP contribution in [-0.2, 0) is 4.79 Å². The van der Waals surface area contributed by atoms with Crippen molar-refractivity contribution in [3.63, 3.8) is 0 Å². The molecule has 0 atom stereocenters. The Hall–Kier alpha value is -4.66. The Balaban J connectivity index is 0.000000360. The van der Waals surface area contributed by atoms with E-state index < -0.39 is 0 Å². The molecule has 0 unspecified atom stereocenters. The van der Waals surface area contributed by atoms with Gasteiger partial charge in [0.1, 0.15) is 0 Å². The van der Waals surface area contributed by atoms with E-state index in [0.29, 0.717) is 16.8 Å². The third kappa shape index (κ3) is 6.00. The van der Waals surface area contributed by atoms with Gasteiger partial charge in [-0.1, -0.05) is 6.07 Å². The van der Waals surface area contributed by atoms with Gasteiger partial charge < -0.3 is 9.88 Å². The van der Waals surface area contributed by atoms with Crippen LogP contribution in [0.4, 0.5) is 0 Å². The summed E-state index contributed by atoms with van der Waals surface area (Å²) in [7, 11) is 1.50. The summed E-state index contributed by atoms with van der Waals surface area (Å²) in [5.74, 6) is -0.516. The maximum absolute atomic E-state index is 12.7. The van der Waals surface area contributed by atoms with Gasteiger partial charge in [-0.2, -0.15) is 0 Å². The molecule has 1 aliphatic heterocycles. The van der Waals surface area contributed by atoms with Gasteiger partial charge >= 0.3 is 0 Å². The molecule has 0 bridgehead atoms. The quantitative estimate of drug-likeness (QED) is 0.408. The van der Waals surface area contributed by atoms with Crippen LogP contribution in [0.1, 0.15) is 46.0 Å². The number of hydrogen-bond acceptors (Lipinski definition) is 4. The molecule has 1 saturated heterocycles. The fourth-order valence-corrected chi connectivity index (χ4v) is 4.30. The van der Waals surface area contributed by atoms with Crippen LogP contribution in [0.15, 0.2) is 77.9 Å². The van der Waals surface area contributed by atoms with Gasteiger partial charge in [0, 0.05) is 73.2 Å². The molecule has 2 aromatic heterocycles. The number of hydrogen-bond donors (Lipinski definition) is 2. The number of carbonyl (C=O) groups excluding carboxylic acids is 3. The molecule has 9 nitrogen and oxygen atoms in total. The van der Waals surface area contributed by atoms with Crippen molar-refractivity contribution in [1.82, 2.24) is 24.9 Å². The van der Waals surface area contributed by atoms with Gasteiger partial charge in [0.2, 0.25) is 5.91 Å². The highest BCUT2D eigenvalue weighted by atomic mass is 16.2. The number of benzene rings is 2. The van der Waals surface area contributed by atoms with Crippen molar-refractivity contribution in [3.8, 4) is 5.69 Å². The summed E-state index contributed by atoms with van der Waals surface area (Å²) in [6.07, 6.45) is 5.93. The second-order valence-electron chi connectivity index (χ2n) is 9.21. The molecule has 0 aliphatic carbocycles. The van der Waals surface area contributed by atoms with Crippen LogP contribution in [0.2, 0.25) is 0 Å². The molecule has 1 fully saturated rings. The van der Waals surface area contributed by atoms with E-state index in [-0.39, 0.29) is 23.3 Å². The average Bonchev–Trinajstić information content (AvgIpc) is 3.59. The molecule has 3 amide bonds. The lowest BCUT2D eigenvalue weighted by atomic mass is 10.1. The van der Waals surface area contributed by atoms with Gasteiger partial charge in [0.15, 0.2) is 0 Å². The van der Waals surface area contributed by atoms with E-state index >= 15 is 0 Å². The van der Waals surface area contributed by atoms with Gasteiger partial charge in [0.25, 0.3) is 17.4 Å². The van der Waals surface area contributed by atoms with Gasteiger partial charge in [-0.15, -0.1) is 0 Å². The Labute approximate surface area is 220 Å². The van der Waals surface area contributed by atoms with E-state index in [0.717, 1.165) is 34.6 Å². The summed E-state index contributed by atoms with van der Waals surface area (Å²) < 4.78 is 1.49. The number of aryl methyl sites for hydroxylation is 1. The highest BCUT2D eigenvalue weighted by molar-refractivity contribution is 6.01. The molecule has 9 heteroatoms. The summed E-state index contributed by atoms with van der Waals surface area (Å²) >= 11 is 0. The molecule has 0 spiro atoms. The van der Waals surface area contributed by atoms with E-state index in [1.807, 2.05) is 24.1 Å². The number of rotatable bonds is 3. The molecular formula is C29H31N5O4. The van der Waals surface area contributed by atoms with Crippen molar-refractivity contribution in [2.24, 2.45) is 0 Å². The third-order valence-electron chi connectivity index (χ3n) is 6.49. The highest BCUT2D eigenvalue weighted by Crippen LogP contribution is 2.19. The molecule has 5 rings (SSSR count). The molecule has 38 heavy (non-hydrogen) atoms. The number of amides is 3. The number of H-pyrrole nitrogens is 1. The normalized spacial score (nSPS) is 12.6. The van der Waals surface area contributed by atoms with Crippen molar-refractivity contribution >= 4 is 28.6 Å². The van der Waals surface area contributed by atoms with Crippen LogP contribution >= 0.6 is 0 Å². The predicted molar refractivity (Wildman–Crippen MR) is 146 cm³/mol. The van der Waals surface area contributed by atoms with Crippen molar-refractivity contribution in [3.05, 3.63) is 100 Å². The number of hydrazine groups is 1. The Morgan fingerprint density at radius 2 is 1.63 bits per heavy atom. The number of carbonyl (C=O) groups is 3. The molecule has 2 aromatic carbocycles. The average molecular weight is 514 g/mol. The Morgan fingerprint density at radius 3 is 2.26 bits per heavy atom. The first-order valence-corrected chi connectivity index (χ1v) is 12.4. The Kier molecular flexibility index (Phi) is 8.06. The van der Waals surface area contributed by atoms with Crippen LogP contribution in [0.3, 0.4) is 0 Å². The largest absolute Gasteiger partial charge is 0.361 e. The number of aromatic nitrogens is 2. The zero-order valence-electron chi connectivity index (χ0n) is 21.7. The summed E-state index contributed by atoms with van der Waals surface area (Å²) in [5.41, 5.74) is 5.95. The first-order chi connectivity index (χ1) is 18.2. The second kappa shape index (κ2) is 11.6. The van der Waals surface area contributed by atoms with E-state index in [1.54, 1.807) is 61.7 Å². The lowest BCUT2D eigenvalue weighted by molar-refractivity contribution is -0.127. The molecule has 196 valence electrons. The fraction of sp³-hybridized carbons (Fsp3) is 0.241. The standard InChI is InChI=1S/C23H20N4O3.C6H11NO/c1-15-14-24-20-11-8-17(13-19(15)20)22(29)25-26(2)23(30)16-6-9-18(10-7-16)27-12-4-3-5-21(27)28;1-6(8)7-4-2-3-5-7/h3-14,24H,1-2H3,(H,25,29);2-5H2,1H3. The van der Waals surface area contributed by atoms with Gasteiger partial charge in [0.05, 0.1) is 0 Å². The maximum Gasteiger partial charge on any atom is 0.272 e. The lowest BCUT2D eigenvalue weighted by Gasteiger charge is -2.18. The molecular weight excluding hydrogens is 482 g/mol. The molecule has 4 aromatic rings. The number of aromatic amines is 1. The SMILES string of the molecule is CC(=O)N1CCCC1.Cc1c[nH]c2ccc(C(=O)NN(C)C(=O)c3ccc(-n4ccccc4=O)cc3)cc12. The van der Waals surface area contributed by atoms with Gasteiger partial charge in [-0.05, 0) is 73.9 Å².